The van der Waals surface area contributed by atoms with Gasteiger partial charge in [-0.05, 0) is 36.2 Å². The molecule has 0 saturated heterocycles. The predicted molar refractivity (Wildman–Crippen MR) is 113 cm³/mol. The molecule has 0 bridgehead atoms. The number of hydrogen-bond donors (Lipinski definition) is 1. The minimum atomic E-state index is -0.816. The van der Waals surface area contributed by atoms with Gasteiger partial charge in [0.1, 0.15) is 18.2 Å². The summed E-state index contributed by atoms with van der Waals surface area (Å²) in [5, 5.41) is 3.40. The minimum Gasteiger partial charge on any atom is -0.459 e. The number of nitrogens with one attached hydrogen (secondary N) is 1. The molecule has 0 fully saturated rings. The molecule has 0 unspecified atom stereocenters. The van der Waals surface area contributed by atoms with E-state index in [2.05, 4.69) is 21.2 Å². The van der Waals surface area contributed by atoms with Gasteiger partial charge in [-0.2, -0.15) is 0 Å². The molecule has 0 aliphatic carbocycles. The second-order valence-corrected chi connectivity index (χ2v) is 7.82. The monoisotopic (exact) mass is 457 g/mol. The molecule has 1 amide bonds. The van der Waals surface area contributed by atoms with Gasteiger partial charge in [0.2, 0.25) is 0 Å². The van der Waals surface area contributed by atoms with E-state index in [0.29, 0.717) is 22.1 Å². The van der Waals surface area contributed by atoms with Crippen molar-refractivity contribution in [1.82, 2.24) is 5.32 Å². The first kappa shape index (κ1) is 20.8. The number of benzene rings is 2. The summed E-state index contributed by atoms with van der Waals surface area (Å²) in [5.74, 6) is -1.09. The Kier molecular flexibility index (Phi) is 6.49. The standard InChI is InChI=1S/C22H20BrNO5/c1-13(2)20(24-21(26)14-6-4-3-5-7-14)22(27)28-12-15-10-19(25)29-18-11-16(23)8-9-17(15)18/h3-11,13,20H,12H2,1-2H3,(H,24,26)/t20-/m0/s1. The molecular formula is C22H20BrNO5. The van der Waals surface area contributed by atoms with Gasteiger partial charge in [0.25, 0.3) is 5.91 Å². The third-order valence-corrected chi connectivity index (χ3v) is 4.90. The van der Waals surface area contributed by atoms with E-state index in [-0.39, 0.29) is 18.4 Å². The van der Waals surface area contributed by atoms with Gasteiger partial charge in [-0.1, -0.05) is 48.0 Å². The van der Waals surface area contributed by atoms with Crippen molar-refractivity contribution in [3.05, 3.63) is 80.6 Å². The zero-order valence-electron chi connectivity index (χ0n) is 16.0. The minimum absolute atomic E-state index is 0.104. The maximum absolute atomic E-state index is 12.7. The Bertz CT molecular complexity index is 1090. The molecule has 0 radical (unpaired) electrons. The van der Waals surface area contributed by atoms with Crippen molar-refractivity contribution in [2.24, 2.45) is 5.92 Å². The summed E-state index contributed by atoms with van der Waals surface area (Å²) >= 11 is 3.33. The second kappa shape index (κ2) is 9.05. The van der Waals surface area contributed by atoms with Crippen molar-refractivity contribution < 1.29 is 18.7 Å². The van der Waals surface area contributed by atoms with Gasteiger partial charge >= 0.3 is 11.6 Å². The lowest BCUT2D eigenvalue weighted by atomic mass is 10.0. The molecule has 1 heterocycles. The van der Waals surface area contributed by atoms with E-state index < -0.39 is 17.6 Å². The Morgan fingerprint density at radius 1 is 1.10 bits per heavy atom. The Balaban J connectivity index is 1.75. The Hall–Kier alpha value is -2.93. The molecule has 0 aliphatic rings. The molecule has 1 N–H and O–H groups in total. The van der Waals surface area contributed by atoms with E-state index in [1.807, 2.05) is 26.0 Å². The average Bonchev–Trinajstić information content (AvgIpc) is 2.69. The smallest absolute Gasteiger partial charge is 0.336 e. The summed E-state index contributed by atoms with van der Waals surface area (Å²) < 4.78 is 11.4. The molecule has 1 aromatic heterocycles. The zero-order chi connectivity index (χ0) is 21.0. The van der Waals surface area contributed by atoms with Crippen molar-refractivity contribution in [1.29, 1.82) is 0 Å². The van der Waals surface area contributed by atoms with E-state index in [0.717, 1.165) is 4.47 Å². The summed E-state index contributed by atoms with van der Waals surface area (Å²) in [4.78, 5) is 36.9. The quantitative estimate of drug-likeness (QED) is 0.445. The van der Waals surface area contributed by atoms with Crippen molar-refractivity contribution in [3.8, 4) is 0 Å². The first-order chi connectivity index (χ1) is 13.8. The molecule has 3 rings (SSSR count). The highest BCUT2D eigenvalue weighted by Gasteiger charge is 2.26. The molecule has 3 aromatic rings. The number of hydrogen-bond acceptors (Lipinski definition) is 5. The van der Waals surface area contributed by atoms with E-state index in [1.165, 1.54) is 6.07 Å². The van der Waals surface area contributed by atoms with Crippen LogP contribution in [0.1, 0.15) is 29.8 Å². The van der Waals surface area contributed by atoms with E-state index in [4.69, 9.17) is 9.15 Å². The molecule has 2 aromatic carbocycles. The lowest BCUT2D eigenvalue weighted by Crippen LogP contribution is -2.45. The summed E-state index contributed by atoms with van der Waals surface area (Å²) in [7, 11) is 0. The molecule has 6 nitrogen and oxygen atoms in total. The largest absolute Gasteiger partial charge is 0.459 e. The normalized spacial score (nSPS) is 12.0. The maximum Gasteiger partial charge on any atom is 0.336 e. The molecule has 1 atom stereocenters. The first-order valence-electron chi connectivity index (χ1n) is 9.10. The third kappa shape index (κ3) is 5.12. The number of carbonyl (C=O) groups is 2. The Morgan fingerprint density at radius 2 is 1.83 bits per heavy atom. The zero-order valence-corrected chi connectivity index (χ0v) is 17.6. The van der Waals surface area contributed by atoms with Crippen molar-refractivity contribution in [2.75, 3.05) is 0 Å². The average molecular weight is 458 g/mol. The predicted octanol–water partition coefficient (Wildman–Crippen LogP) is 4.05. The number of fused-ring (bicyclic) bond motifs is 1. The van der Waals surface area contributed by atoms with Gasteiger partial charge in [-0.15, -0.1) is 0 Å². The third-order valence-electron chi connectivity index (χ3n) is 4.41. The lowest BCUT2D eigenvalue weighted by molar-refractivity contribution is -0.148. The van der Waals surface area contributed by atoms with Gasteiger partial charge in [0, 0.05) is 27.1 Å². The molecule has 29 heavy (non-hydrogen) atoms. The van der Waals surface area contributed by atoms with Gasteiger partial charge in [-0.25, -0.2) is 9.59 Å². The number of halogens is 1. The van der Waals surface area contributed by atoms with Crippen LogP contribution in [-0.4, -0.2) is 17.9 Å². The van der Waals surface area contributed by atoms with Gasteiger partial charge in [0.05, 0.1) is 0 Å². The van der Waals surface area contributed by atoms with Gasteiger partial charge < -0.3 is 14.5 Å². The summed E-state index contributed by atoms with van der Waals surface area (Å²) in [6.07, 6.45) is 0. The van der Waals surface area contributed by atoms with Crippen LogP contribution in [0.25, 0.3) is 11.0 Å². The van der Waals surface area contributed by atoms with Crippen molar-refractivity contribution in [2.45, 2.75) is 26.5 Å². The molecule has 0 spiro atoms. The van der Waals surface area contributed by atoms with Crippen LogP contribution < -0.4 is 10.9 Å². The summed E-state index contributed by atoms with van der Waals surface area (Å²) in [6.45, 7) is 3.54. The van der Waals surface area contributed by atoms with Crippen LogP contribution >= 0.6 is 15.9 Å². The molecule has 7 heteroatoms. The molecule has 0 saturated carbocycles. The van der Waals surface area contributed by atoms with E-state index in [9.17, 15) is 14.4 Å². The highest BCUT2D eigenvalue weighted by molar-refractivity contribution is 9.10. The van der Waals surface area contributed by atoms with Crippen LogP contribution in [0.15, 0.2) is 68.3 Å². The van der Waals surface area contributed by atoms with Crippen LogP contribution in [0.3, 0.4) is 0 Å². The summed E-state index contributed by atoms with van der Waals surface area (Å²) in [6, 6.07) is 14.4. The number of esters is 1. The number of rotatable bonds is 6. The number of amides is 1. The first-order valence-corrected chi connectivity index (χ1v) is 9.89. The van der Waals surface area contributed by atoms with Crippen LogP contribution in [0.2, 0.25) is 0 Å². The molecule has 0 aliphatic heterocycles. The topological polar surface area (TPSA) is 85.6 Å². The van der Waals surface area contributed by atoms with Gasteiger partial charge in [-0.3, -0.25) is 4.79 Å². The van der Waals surface area contributed by atoms with Crippen LogP contribution in [0.5, 0.6) is 0 Å². The highest BCUT2D eigenvalue weighted by atomic mass is 79.9. The van der Waals surface area contributed by atoms with Crippen LogP contribution in [0, 0.1) is 5.92 Å². The fraction of sp³-hybridized carbons (Fsp3) is 0.227. The molecular weight excluding hydrogens is 438 g/mol. The number of ether oxygens (including phenoxy) is 1. The van der Waals surface area contributed by atoms with Crippen LogP contribution in [-0.2, 0) is 16.1 Å². The maximum atomic E-state index is 12.7. The fourth-order valence-corrected chi connectivity index (χ4v) is 3.21. The summed E-state index contributed by atoms with van der Waals surface area (Å²) in [5.41, 5.74) is 0.868. The van der Waals surface area contributed by atoms with Crippen molar-refractivity contribution in [3.63, 3.8) is 0 Å². The fourth-order valence-electron chi connectivity index (χ4n) is 2.87. The SMILES string of the molecule is CC(C)[C@H](NC(=O)c1ccccc1)C(=O)OCc1cc(=O)oc2cc(Br)ccc12. The molecule has 150 valence electrons. The van der Waals surface area contributed by atoms with E-state index >= 15 is 0 Å². The number of carbonyl (C=O) groups excluding carboxylic acids is 2. The van der Waals surface area contributed by atoms with Crippen molar-refractivity contribution >= 4 is 38.8 Å². The Labute approximate surface area is 176 Å². The van der Waals surface area contributed by atoms with Gasteiger partial charge in [0.15, 0.2) is 0 Å². The Morgan fingerprint density at radius 3 is 2.52 bits per heavy atom. The lowest BCUT2D eigenvalue weighted by Gasteiger charge is -2.21. The van der Waals surface area contributed by atoms with Crippen LogP contribution in [0.4, 0.5) is 0 Å². The highest BCUT2D eigenvalue weighted by Crippen LogP contribution is 2.22. The van der Waals surface area contributed by atoms with E-state index in [1.54, 1.807) is 36.4 Å². The second-order valence-electron chi connectivity index (χ2n) is 6.90.